The highest BCUT2D eigenvalue weighted by Crippen LogP contribution is 2.18. The molecule has 0 spiro atoms. The molecule has 2 aromatic rings. The molecule has 0 fully saturated rings. The first-order valence-corrected chi connectivity index (χ1v) is 9.90. The Kier molecular flexibility index (Phi) is 5.82. The van der Waals surface area contributed by atoms with Crippen molar-refractivity contribution in [3.8, 4) is 0 Å². The average molecular weight is 374 g/mol. The van der Waals surface area contributed by atoms with Crippen molar-refractivity contribution in [1.29, 1.82) is 0 Å². The van der Waals surface area contributed by atoms with Crippen LogP contribution in [0.15, 0.2) is 47.4 Å². The minimum Gasteiger partial charge on any atom is -0.332 e. The second-order valence-corrected chi connectivity index (χ2v) is 8.27. The monoisotopic (exact) mass is 374 g/mol. The van der Waals surface area contributed by atoms with E-state index in [-0.39, 0.29) is 22.9 Å². The van der Waals surface area contributed by atoms with Crippen molar-refractivity contribution in [2.45, 2.75) is 18.7 Å². The molecule has 0 saturated heterocycles. The van der Waals surface area contributed by atoms with Gasteiger partial charge in [-0.05, 0) is 49.2 Å². The number of carbonyl (C=O) groups is 2. The van der Waals surface area contributed by atoms with E-state index in [1.54, 1.807) is 6.07 Å². The van der Waals surface area contributed by atoms with Gasteiger partial charge in [0.25, 0.3) is 5.91 Å². The molecule has 0 aromatic heterocycles. The van der Waals surface area contributed by atoms with Crippen molar-refractivity contribution >= 4 is 27.3 Å². The first-order valence-electron chi connectivity index (χ1n) is 8.01. The SMILES string of the molecule is Cc1cccc(NC(=O)CN(C)C(=O)c2cccc(S(C)(=O)=O)c2)c1C. The molecule has 0 aliphatic carbocycles. The summed E-state index contributed by atoms with van der Waals surface area (Å²) in [7, 11) is -1.91. The number of likely N-dealkylation sites (N-methyl/N-ethyl adjacent to an activating group) is 1. The summed E-state index contributed by atoms with van der Waals surface area (Å²) in [5.41, 5.74) is 2.95. The first-order chi connectivity index (χ1) is 12.1. The molecule has 2 aromatic carbocycles. The van der Waals surface area contributed by atoms with Gasteiger partial charge >= 0.3 is 0 Å². The van der Waals surface area contributed by atoms with Gasteiger partial charge in [-0.3, -0.25) is 9.59 Å². The summed E-state index contributed by atoms with van der Waals surface area (Å²) in [4.78, 5) is 26.0. The Morgan fingerprint density at radius 3 is 2.38 bits per heavy atom. The van der Waals surface area contributed by atoms with E-state index < -0.39 is 15.7 Å². The Morgan fingerprint density at radius 1 is 1.08 bits per heavy atom. The summed E-state index contributed by atoms with van der Waals surface area (Å²) in [6, 6.07) is 11.4. The van der Waals surface area contributed by atoms with Gasteiger partial charge in [0, 0.05) is 24.6 Å². The number of hydrogen-bond acceptors (Lipinski definition) is 4. The zero-order valence-corrected chi connectivity index (χ0v) is 16.1. The summed E-state index contributed by atoms with van der Waals surface area (Å²) in [6.07, 6.45) is 1.08. The Morgan fingerprint density at radius 2 is 1.73 bits per heavy atom. The minimum absolute atomic E-state index is 0.0663. The number of carbonyl (C=O) groups excluding carboxylic acids is 2. The third-order valence-electron chi connectivity index (χ3n) is 4.12. The molecule has 6 nitrogen and oxygen atoms in total. The standard InChI is InChI=1S/C19H22N2O4S/c1-13-7-5-10-17(14(13)2)20-18(22)12-21(3)19(23)15-8-6-9-16(11-15)26(4,24)25/h5-11H,12H2,1-4H3,(H,20,22). The van der Waals surface area contributed by atoms with Crippen molar-refractivity contribution < 1.29 is 18.0 Å². The van der Waals surface area contributed by atoms with E-state index in [9.17, 15) is 18.0 Å². The van der Waals surface area contributed by atoms with Crippen LogP contribution in [0.5, 0.6) is 0 Å². The van der Waals surface area contributed by atoms with Crippen molar-refractivity contribution in [2.75, 3.05) is 25.2 Å². The predicted molar refractivity (Wildman–Crippen MR) is 101 cm³/mol. The molecule has 7 heteroatoms. The van der Waals surface area contributed by atoms with Gasteiger partial charge in [-0.15, -0.1) is 0 Å². The Balaban J connectivity index is 2.09. The number of sulfone groups is 1. The molecule has 0 bridgehead atoms. The van der Waals surface area contributed by atoms with Gasteiger partial charge in [0.15, 0.2) is 9.84 Å². The van der Waals surface area contributed by atoms with Gasteiger partial charge in [-0.2, -0.15) is 0 Å². The molecular weight excluding hydrogens is 352 g/mol. The van der Waals surface area contributed by atoms with Crippen LogP contribution in [0, 0.1) is 13.8 Å². The summed E-state index contributed by atoms with van der Waals surface area (Å²) in [6.45, 7) is 3.72. The van der Waals surface area contributed by atoms with Crippen molar-refractivity contribution in [3.63, 3.8) is 0 Å². The van der Waals surface area contributed by atoms with Crippen molar-refractivity contribution in [2.24, 2.45) is 0 Å². The molecule has 2 rings (SSSR count). The molecule has 2 amide bonds. The predicted octanol–water partition coefficient (Wildman–Crippen LogP) is 2.42. The fraction of sp³-hybridized carbons (Fsp3) is 0.263. The van der Waals surface area contributed by atoms with Crippen molar-refractivity contribution in [1.82, 2.24) is 4.90 Å². The highest BCUT2D eigenvalue weighted by Gasteiger charge is 2.17. The topological polar surface area (TPSA) is 83.6 Å². The number of aryl methyl sites for hydroxylation is 1. The van der Waals surface area contributed by atoms with E-state index >= 15 is 0 Å². The molecule has 0 aliphatic heterocycles. The number of benzene rings is 2. The maximum Gasteiger partial charge on any atom is 0.254 e. The molecular formula is C19H22N2O4S. The van der Waals surface area contributed by atoms with Crippen molar-refractivity contribution in [3.05, 3.63) is 59.2 Å². The second kappa shape index (κ2) is 7.70. The maximum atomic E-state index is 12.5. The lowest BCUT2D eigenvalue weighted by atomic mass is 10.1. The van der Waals surface area contributed by atoms with Gasteiger partial charge in [0.05, 0.1) is 11.4 Å². The van der Waals surface area contributed by atoms with Crippen LogP contribution in [-0.2, 0) is 14.6 Å². The third-order valence-corrected chi connectivity index (χ3v) is 5.23. The van der Waals surface area contributed by atoms with Gasteiger partial charge in [-0.1, -0.05) is 18.2 Å². The Hall–Kier alpha value is -2.67. The van der Waals surface area contributed by atoms with E-state index in [2.05, 4.69) is 5.32 Å². The third kappa shape index (κ3) is 4.70. The van der Waals surface area contributed by atoms with E-state index in [0.29, 0.717) is 5.69 Å². The number of hydrogen-bond donors (Lipinski definition) is 1. The smallest absolute Gasteiger partial charge is 0.254 e. The zero-order chi connectivity index (χ0) is 19.5. The normalized spacial score (nSPS) is 11.1. The molecule has 0 unspecified atom stereocenters. The van der Waals surface area contributed by atoms with Gasteiger partial charge < -0.3 is 10.2 Å². The van der Waals surface area contributed by atoms with E-state index in [4.69, 9.17) is 0 Å². The van der Waals surface area contributed by atoms with Crippen LogP contribution < -0.4 is 5.32 Å². The molecule has 0 saturated carbocycles. The van der Waals surface area contributed by atoms with Gasteiger partial charge in [0.2, 0.25) is 5.91 Å². The second-order valence-electron chi connectivity index (χ2n) is 6.26. The molecule has 0 aliphatic rings. The summed E-state index contributed by atoms with van der Waals surface area (Å²) in [5, 5.41) is 2.80. The van der Waals surface area contributed by atoms with Crippen LogP contribution in [-0.4, -0.2) is 45.0 Å². The number of amides is 2. The average Bonchev–Trinajstić information content (AvgIpc) is 2.57. The first kappa shape index (κ1) is 19.7. The van der Waals surface area contributed by atoms with Crippen LogP contribution in [0.3, 0.4) is 0 Å². The van der Waals surface area contributed by atoms with Crippen LogP contribution in [0.2, 0.25) is 0 Å². The van der Waals surface area contributed by atoms with Crippen LogP contribution in [0.4, 0.5) is 5.69 Å². The lowest BCUT2D eigenvalue weighted by Gasteiger charge is -2.18. The molecule has 138 valence electrons. The molecule has 0 atom stereocenters. The zero-order valence-electron chi connectivity index (χ0n) is 15.2. The highest BCUT2D eigenvalue weighted by molar-refractivity contribution is 7.90. The van der Waals surface area contributed by atoms with Gasteiger partial charge in [-0.25, -0.2) is 8.42 Å². The minimum atomic E-state index is -3.41. The maximum absolute atomic E-state index is 12.5. The van der Waals surface area contributed by atoms with E-state index in [1.807, 2.05) is 26.0 Å². The summed E-state index contributed by atoms with van der Waals surface area (Å²) in [5.74, 6) is -0.750. The van der Waals surface area contributed by atoms with E-state index in [1.165, 1.54) is 36.2 Å². The summed E-state index contributed by atoms with van der Waals surface area (Å²) < 4.78 is 23.3. The largest absolute Gasteiger partial charge is 0.332 e. The fourth-order valence-corrected chi connectivity index (χ4v) is 3.11. The number of nitrogens with one attached hydrogen (secondary N) is 1. The van der Waals surface area contributed by atoms with Crippen LogP contribution in [0.1, 0.15) is 21.5 Å². The molecule has 26 heavy (non-hydrogen) atoms. The van der Waals surface area contributed by atoms with Crippen LogP contribution >= 0.6 is 0 Å². The Bertz CT molecular complexity index is 952. The number of nitrogens with zero attached hydrogens (tertiary/aromatic N) is 1. The fourth-order valence-electron chi connectivity index (χ4n) is 2.44. The lowest BCUT2D eigenvalue weighted by Crippen LogP contribution is -2.35. The summed E-state index contributed by atoms with van der Waals surface area (Å²) >= 11 is 0. The van der Waals surface area contributed by atoms with E-state index in [0.717, 1.165) is 17.4 Å². The molecule has 0 heterocycles. The molecule has 1 N–H and O–H groups in total. The molecule has 0 radical (unpaired) electrons. The van der Waals surface area contributed by atoms with Crippen LogP contribution in [0.25, 0.3) is 0 Å². The number of rotatable bonds is 5. The Labute approximate surface area is 153 Å². The number of anilines is 1. The lowest BCUT2D eigenvalue weighted by molar-refractivity contribution is -0.116. The van der Waals surface area contributed by atoms with Gasteiger partial charge in [0.1, 0.15) is 0 Å². The highest BCUT2D eigenvalue weighted by atomic mass is 32.2. The quantitative estimate of drug-likeness (QED) is 0.871.